The van der Waals surface area contributed by atoms with E-state index in [4.69, 9.17) is 30.5 Å². The Hall–Kier alpha value is -2.43. The van der Waals surface area contributed by atoms with Crippen molar-refractivity contribution in [2.45, 2.75) is 82.0 Å². The van der Waals surface area contributed by atoms with Gasteiger partial charge < -0.3 is 13.9 Å². The van der Waals surface area contributed by atoms with Crippen LogP contribution >= 0.6 is 22.1 Å². The highest BCUT2D eigenvalue weighted by atomic mass is 35.5. The van der Waals surface area contributed by atoms with E-state index in [1.165, 1.54) is 0 Å². The third-order valence-electron chi connectivity index (χ3n) is 9.32. The van der Waals surface area contributed by atoms with Gasteiger partial charge in [-0.3, -0.25) is 10.1 Å². The number of likely N-dealkylation sites (tertiary alicyclic amines) is 1. The SMILES string of the molecule is Cc1c[s+](C(c2ccccc2Cl)N2CC[C@H](O[Si](C)(C)C(C)(C)C)C2)c(NC(=O)C2(c3ccc4c(c3)OCO4)CC2)n1. The summed E-state index contributed by atoms with van der Waals surface area (Å²) in [7, 11) is -2.43. The molecule has 2 aliphatic heterocycles. The highest BCUT2D eigenvalue weighted by Gasteiger charge is 2.53. The zero-order valence-electron chi connectivity index (χ0n) is 25.3. The molecule has 1 saturated heterocycles. The number of rotatable bonds is 8. The number of hydrogen-bond acceptors (Lipinski definition) is 6. The first-order valence-corrected chi connectivity index (χ1v) is 19.4. The van der Waals surface area contributed by atoms with Crippen LogP contribution in [0.4, 0.5) is 5.13 Å². The van der Waals surface area contributed by atoms with E-state index in [1.54, 1.807) is 0 Å². The summed E-state index contributed by atoms with van der Waals surface area (Å²) in [6, 6.07) is 13.9. The van der Waals surface area contributed by atoms with Gasteiger partial charge in [0.15, 0.2) is 25.2 Å². The lowest BCUT2D eigenvalue weighted by molar-refractivity contribution is -0.118. The molecule has 10 heteroatoms. The molecule has 3 aliphatic rings. The molecular formula is C32H41ClN3O4SSi+. The Morgan fingerprint density at radius 3 is 2.64 bits per heavy atom. The lowest BCUT2D eigenvalue weighted by Gasteiger charge is -2.38. The van der Waals surface area contributed by atoms with E-state index >= 15 is 0 Å². The van der Waals surface area contributed by atoms with Gasteiger partial charge in [0.25, 0.3) is 0 Å². The summed E-state index contributed by atoms with van der Waals surface area (Å²) in [4.78, 5) is 21.3. The van der Waals surface area contributed by atoms with Gasteiger partial charge in [-0.25, -0.2) is 4.90 Å². The zero-order chi connectivity index (χ0) is 29.9. The van der Waals surface area contributed by atoms with E-state index in [1.807, 2.05) is 43.3 Å². The predicted octanol–water partition coefficient (Wildman–Crippen LogP) is 7.83. The van der Waals surface area contributed by atoms with Crippen LogP contribution in [0.1, 0.15) is 62.2 Å². The quantitative estimate of drug-likeness (QED) is 0.203. The van der Waals surface area contributed by atoms with Crippen LogP contribution in [0.15, 0.2) is 47.8 Å². The number of aromatic nitrogens is 1. The molecule has 2 aromatic carbocycles. The van der Waals surface area contributed by atoms with Crippen LogP contribution in [0.3, 0.4) is 0 Å². The van der Waals surface area contributed by atoms with Gasteiger partial charge in [-0.05, 0) is 68.1 Å². The molecule has 3 heterocycles. The molecule has 42 heavy (non-hydrogen) atoms. The molecule has 3 atom stereocenters. The minimum atomic E-state index is -1.92. The molecule has 0 radical (unpaired) electrons. The number of thiazole rings is 1. The maximum Gasteiger partial charge on any atom is 0.348 e. The standard InChI is InChI=1S/C32H40ClN3O4SSi/c1-21-19-41(30(34-21)35-29(37)32(14-15-32)22-11-12-26-27(17-22)39-20-38-26)28(24-9-7-8-10-25(24)33)36-16-13-23(18-36)40-42(5,6)31(2,3)4/h7-12,17,19,23,28H,13-16,18,20H2,1-6H3/p+1/t23-,28?,41?/m0/s1. The van der Waals surface area contributed by atoms with E-state index in [0.717, 1.165) is 59.9 Å². The smallest absolute Gasteiger partial charge is 0.348 e. The Morgan fingerprint density at radius 2 is 1.93 bits per heavy atom. The maximum atomic E-state index is 13.9. The second-order valence-corrected chi connectivity index (χ2v) is 20.3. The van der Waals surface area contributed by atoms with Gasteiger partial charge in [0.2, 0.25) is 18.1 Å². The average molecular weight is 627 g/mol. The van der Waals surface area contributed by atoms with E-state index in [-0.39, 0.29) is 29.2 Å². The van der Waals surface area contributed by atoms with Crippen molar-refractivity contribution in [1.29, 1.82) is 0 Å². The summed E-state index contributed by atoms with van der Waals surface area (Å²) in [5.41, 5.74) is 2.34. The molecule has 2 fully saturated rings. The maximum absolute atomic E-state index is 13.9. The van der Waals surface area contributed by atoms with E-state index in [0.29, 0.717) is 10.9 Å². The minimum Gasteiger partial charge on any atom is -0.454 e. The summed E-state index contributed by atoms with van der Waals surface area (Å²) in [6.07, 6.45) is 2.72. The number of benzene rings is 2. The number of fused-ring (bicyclic) bond motifs is 1. The average Bonchev–Trinajstić information content (AvgIpc) is 3.20. The Kier molecular flexibility index (Phi) is 7.71. The van der Waals surface area contributed by atoms with Gasteiger partial charge in [-0.2, -0.15) is 4.98 Å². The van der Waals surface area contributed by atoms with Crippen LogP contribution in [0.2, 0.25) is 23.2 Å². The number of carbonyl (C=O) groups excluding carboxylic acids is 1. The second kappa shape index (κ2) is 10.9. The summed E-state index contributed by atoms with van der Waals surface area (Å²) in [6.45, 7) is 15.4. The van der Waals surface area contributed by atoms with Crippen LogP contribution in [0.25, 0.3) is 0 Å². The van der Waals surface area contributed by atoms with Crippen molar-refractivity contribution in [1.82, 2.24) is 9.88 Å². The molecule has 7 nitrogen and oxygen atoms in total. The number of carbonyl (C=O) groups is 1. The molecule has 1 aliphatic carbocycles. The number of aryl methyl sites for hydroxylation is 1. The van der Waals surface area contributed by atoms with Gasteiger partial charge in [0.05, 0.1) is 22.2 Å². The number of ether oxygens (including phenoxy) is 2. The third-order valence-corrected chi connectivity index (χ3v) is 16.5. The fourth-order valence-corrected chi connectivity index (χ4v) is 9.75. The van der Waals surface area contributed by atoms with Crippen molar-refractivity contribution in [3.05, 3.63) is 69.7 Å². The molecule has 2 unspecified atom stereocenters. The van der Waals surface area contributed by atoms with Gasteiger partial charge in [0.1, 0.15) is 0 Å². The van der Waals surface area contributed by atoms with Crippen LogP contribution in [0, 0.1) is 6.92 Å². The summed E-state index contributed by atoms with van der Waals surface area (Å²) < 4.78 is 17.9. The van der Waals surface area contributed by atoms with Gasteiger partial charge >= 0.3 is 5.13 Å². The number of nitrogens with one attached hydrogen (secondary N) is 1. The highest BCUT2D eigenvalue weighted by Crippen LogP contribution is 2.53. The molecule has 224 valence electrons. The van der Waals surface area contributed by atoms with Gasteiger partial charge in [0, 0.05) is 29.1 Å². The lowest BCUT2D eigenvalue weighted by atomic mass is 9.94. The van der Waals surface area contributed by atoms with Gasteiger partial charge in [-0.1, -0.05) is 56.6 Å². The Balaban J connectivity index is 1.29. The van der Waals surface area contributed by atoms with E-state index in [9.17, 15) is 4.79 Å². The molecule has 6 rings (SSSR count). The Labute approximate surface area is 257 Å². The first-order chi connectivity index (χ1) is 19.9. The van der Waals surface area contributed by atoms with Crippen molar-refractivity contribution in [3.63, 3.8) is 0 Å². The normalized spacial score (nSPS) is 20.9. The second-order valence-electron chi connectivity index (χ2n) is 13.3. The summed E-state index contributed by atoms with van der Waals surface area (Å²) in [5.74, 6) is 1.41. The largest absolute Gasteiger partial charge is 0.454 e. The minimum absolute atomic E-state index is 0.0146. The number of halogens is 1. The molecule has 3 aromatic rings. The molecule has 1 saturated carbocycles. The molecule has 1 aromatic heterocycles. The van der Waals surface area contributed by atoms with E-state index < -0.39 is 24.2 Å². The van der Waals surface area contributed by atoms with Crippen LogP contribution < -0.4 is 14.8 Å². The topological polar surface area (TPSA) is 72.9 Å². The lowest BCUT2D eigenvalue weighted by Crippen LogP contribution is -2.44. The number of amides is 1. The zero-order valence-corrected chi connectivity index (χ0v) is 27.9. The third kappa shape index (κ3) is 5.50. The first-order valence-electron chi connectivity index (χ1n) is 14.7. The number of hydrogen-bond donors (Lipinski definition) is 1. The fourth-order valence-electron chi connectivity index (χ4n) is 5.74. The van der Waals surface area contributed by atoms with Crippen molar-refractivity contribution in [2.24, 2.45) is 0 Å². The molecule has 1 amide bonds. The van der Waals surface area contributed by atoms with Crippen LogP contribution in [-0.2, 0) is 14.6 Å². The summed E-state index contributed by atoms with van der Waals surface area (Å²) in [5, 5.41) is 7.03. The molecule has 1 N–H and O–H groups in total. The first kappa shape index (κ1) is 29.6. The van der Waals surface area contributed by atoms with Crippen molar-refractivity contribution >= 4 is 41.4 Å². The van der Waals surface area contributed by atoms with Crippen LogP contribution in [0.5, 0.6) is 11.5 Å². The van der Waals surface area contributed by atoms with Gasteiger partial charge in [-0.15, -0.1) is 0 Å². The van der Waals surface area contributed by atoms with Crippen molar-refractivity contribution in [3.8, 4) is 11.5 Å². The highest BCUT2D eigenvalue weighted by molar-refractivity contribution is 7.34. The molecular weight excluding hydrogens is 586 g/mol. The van der Waals surface area contributed by atoms with Crippen LogP contribution in [-0.4, -0.2) is 50.1 Å². The monoisotopic (exact) mass is 626 g/mol. The fraction of sp³-hybridized carbons (Fsp3) is 0.500. The van der Waals surface area contributed by atoms with E-state index in [2.05, 4.69) is 55.5 Å². The van der Waals surface area contributed by atoms with Crippen molar-refractivity contribution in [2.75, 3.05) is 25.2 Å². The molecule has 0 bridgehead atoms. The van der Waals surface area contributed by atoms with Crippen molar-refractivity contribution < 1.29 is 18.7 Å². The number of anilines is 1. The predicted molar refractivity (Wildman–Crippen MR) is 171 cm³/mol. The summed E-state index contributed by atoms with van der Waals surface area (Å²) >= 11 is 6.86. The molecule has 0 spiro atoms. The Morgan fingerprint density at radius 1 is 1.19 bits per heavy atom. The number of nitrogens with zero attached hydrogens (tertiary/aromatic N) is 2. The Bertz CT molecular complexity index is 1500.